The Morgan fingerprint density at radius 3 is 2.56 bits per heavy atom. The molecule has 1 N–H and O–H groups in total. The average Bonchev–Trinajstić information content (AvgIpc) is 2.26. The number of benzene rings is 1. The molecule has 0 aliphatic heterocycles. The molecule has 1 aromatic carbocycles. The highest BCUT2D eigenvalue weighted by Crippen LogP contribution is 2.24. The summed E-state index contributed by atoms with van der Waals surface area (Å²) in [4.78, 5) is 0. The van der Waals surface area contributed by atoms with Gasteiger partial charge in [0, 0.05) is 5.54 Å². The summed E-state index contributed by atoms with van der Waals surface area (Å²) in [6.45, 7) is 9.63. The van der Waals surface area contributed by atoms with Crippen LogP contribution < -0.4 is 10.1 Å². The summed E-state index contributed by atoms with van der Waals surface area (Å²) in [5.74, 6) is 0.774. The molecular weight excluding hydrogens is 246 g/mol. The predicted octanol–water partition coefficient (Wildman–Crippen LogP) is 4.28. The zero-order valence-corrected chi connectivity index (χ0v) is 12.6. The highest BCUT2D eigenvalue weighted by Gasteiger charge is 2.09. The largest absolute Gasteiger partial charge is 0.489 e. The number of hydrogen-bond donors (Lipinski definition) is 1. The monoisotopic (exact) mass is 269 g/mol. The van der Waals surface area contributed by atoms with Crippen LogP contribution in [0.1, 0.15) is 40.5 Å². The topological polar surface area (TPSA) is 21.3 Å². The predicted molar refractivity (Wildman–Crippen MR) is 78.5 cm³/mol. The van der Waals surface area contributed by atoms with Crippen molar-refractivity contribution >= 4 is 11.6 Å². The van der Waals surface area contributed by atoms with Gasteiger partial charge in [-0.3, -0.25) is 0 Å². The Morgan fingerprint density at radius 2 is 1.94 bits per heavy atom. The van der Waals surface area contributed by atoms with Crippen molar-refractivity contribution in [2.45, 2.75) is 52.2 Å². The first-order chi connectivity index (χ1) is 8.38. The van der Waals surface area contributed by atoms with Gasteiger partial charge in [-0.15, -0.1) is 0 Å². The van der Waals surface area contributed by atoms with E-state index < -0.39 is 0 Å². The Labute approximate surface area is 116 Å². The van der Waals surface area contributed by atoms with E-state index in [4.69, 9.17) is 16.3 Å². The highest BCUT2D eigenvalue weighted by atomic mass is 35.5. The number of para-hydroxylation sites is 1. The van der Waals surface area contributed by atoms with Crippen LogP contribution >= 0.6 is 11.6 Å². The second kappa shape index (κ2) is 7.01. The van der Waals surface area contributed by atoms with Gasteiger partial charge >= 0.3 is 0 Å². The van der Waals surface area contributed by atoms with Gasteiger partial charge in [-0.25, -0.2) is 0 Å². The fourth-order valence-electron chi connectivity index (χ4n) is 1.67. The zero-order chi connectivity index (χ0) is 13.6. The highest BCUT2D eigenvalue weighted by molar-refractivity contribution is 6.32. The molecule has 18 heavy (non-hydrogen) atoms. The van der Waals surface area contributed by atoms with Gasteiger partial charge in [0.25, 0.3) is 0 Å². The lowest BCUT2D eigenvalue weighted by molar-refractivity contribution is 0.206. The summed E-state index contributed by atoms with van der Waals surface area (Å²) in [7, 11) is 0. The molecule has 0 saturated carbocycles. The number of halogens is 1. The zero-order valence-electron chi connectivity index (χ0n) is 11.8. The van der Waals surface area contributed by atoms with Crippen molar-refractivity contribution in [3.8, 4) is 5.75 Å². The smallest absolute Gasteiger partial charge is 0.138 e. The molecule has 1 rings (SSSR count). The first kappa shape index (κ1) is 15.3. The molecule has 0 radical (unpaired) electrons. The van der Waals surface area contributed by atoms with E-state index in [2.05, 4.69) is 33.0 Å². The fraction of sp³-hybridized carbons (Fsp3) is 0.600. The standard InChI is InChI=1S/C15H24ClNO/c1-12(8-7-11-17-15(2,3)4)18-14-10-6-5-9-13(14)16/h5-6,9-10,12,17H,7-8,11H2,1-4H3. The molecule has 0 bridgehead atoms. The molecule has 1 atom stereocenters. The molecule has 3 heteroatoms. The van der Waals surface area contributed by atoms with E-state index in [-0.39, 0.29) is 11.6 Å². The fourth-order valence-corrected chi connectivity index (χ4v) is 1.85. The van der Waals surface area contributed by atoms with E-state index in [1.165, 1.54) is 0 Å². The summed E-state index contributed by atoms with van der Waals surface area (Å²) in [5, 5.41) is 4.15. The van der Waals surface area contributed by atoms with Crippen LogP contribution in [-0.2, 0) is 0 Å². The van der Waals surface area contributed by atoms with E-state index in [1.54, 1.807) is 0 Å². The second-order valence-electron chi connectivity index (χ2n) is 5.68. The molecule has 0 saturated heterocycles. The second-order valence-corrected chi connectivity index (χ2v) is 6.09. The third-order valence-electron chi connectivity index (χ3n) is 2.61. The summed E-state index contributed by atoms with van der Waals surface area (Å²) < 4.78 is 5.82. The van der Waals surface area contributed by atoms with Crippen LogP contribution in [0.15, 0.2) is 24.3 Å². The lowest BCUT2D eigenvalue weighted by Gasteiger charge is -2.21. The minimum Gasteiger partial charge on any atom is -0.489 e. The molecule has 2 nitrogen and oxygen atoms in total. The summed E-state index contributed by atoms with van der Waals surface area (Å²) in [5.41, 5.74) is 0.187. The van der Waals surface area contributed by atoms with Crippen LogP contribution in [0.25, 0.3) is 0 Å². The van der Waals surface area contributed by atoms with Gasteiger partial charge < -0.3 is 10.1 Å². The third-order valence-corrected chi connectivity index (χ3v) is 2.92. The maximum absolute atomic E-state index is 6.05. The quantitative estimate of drug-likeness (QED) is 0.779. The molecule has 0 fully saturated rings. The van der Waals surface area contributed by atoms with E-state index in [9.17, 15) is 0 Å². The van der Waals surface area contributed by atoms with Crippen LogP contribution in [0.2, 0.25) is 5.02 Å². The lowest BCUT2D eigenvalue weighted by Crippen LogP contribution is -2.36. The van der Waals surface area contributed by atoms with E-state index in [1.807, 2.05) is 24.3 Å². The maximum Gasteiger partial charge on any atom is 0.138 e. The summed E-state index contributed by atoms with van der Waals surface area (Å²) in [6.07, 6.45) is 2.31. The SMILES string of the molecule is CC(CCCNC(C)(C)C)Oc1ccccc1Cl. The van der Waals surface area contributed by atoms with Crippen molar-refractivity contribution in [3.05, 3.63) is 29.3 Å². The maximum atomic E-state index is 6.05. The van der Waals surface area contributed by atoms with Gasteiger partial charge in [-0.1, -0.05) is 23.7 Å². The number of ether oxygens (including phenoxy) is 1. The number of rotatable bonds is 6. The molecule has 0 amide bonds. The molecule has 0 aliphatic carbocycles. The summed E-state index contributed by atoms with van der Waals surface area (Å²) in [6, 6.07) is 7.61. The van der Waals surface area contributed by atoms with Crippen molar-refractivity contribution in [2.75, 3.05) is 6.54 Å². The Balaban J connectivity index is 2.26. The first-order valence-electron chi connectivity index (χ1n) is 6.55. The van der Waals surface area contributed by atoms with Crippen LogP contribution in [0, 0.1) is 0 Å². The van der Waals surface area contributed by atoms with Gasteiger partial charge in [-0.05, 0) is 59.2 Å². The average molecular weight is 270 g/mol. The summed E-state index contributed by atoms with van der Waals surface area (Å²) >= 11 is 6.05. The van der Waals surface area contributed by atoms with Crippen LogP contribution in [0.5, 0.6) is 5.75 Å². The van der Waals surface area contributed by atoms with Gasteiger partial charge in [0.15, 0.2) is 0 Å². The van der Waals surface area contributed by atoms with Crippen LogP contribution in [0.3, 0.4) is 0 Å². The molecule has 102 valence electrons. The van der Waals surface area contributed by atoms with Crippen LogP contribution in [0.4, 0.5) is 0 Å². The molecule has 1 unspecified atom stereocenters. The Hall–Kier alpha value is -0.730. The van der Waals surface area contributed by atoms with Crippen molar-refractivity contribution in [3.63, 3.8) is 0 Å². The Morgan fingerprint density at radius 1 is 1.28 bits per heavy atom. The van der Waals surface area contributed by atoms with Gasteiger partial charge in [-0.2, -0.15) is 0 Å². The number of hydrogen-bond acceptors (Lipinski definition) is 2. The Bertz CT molecular complexity index is 360. The lowest BCUT2D eigenvalue weighted by atomic mass is 10.1. The molecule has 0 spiro atoms. The van der Waals surface area contributed by atoms with E-state index in [0.29, 0.717) is 5.02 Å². The van der Waals surface area contributed by atoms with Gasteiger partial charge in [0.2, 0.25) is 0 Å². The molecular formula is C15H24ClNO. The molecule has 0 heterocycles. The van der Waals surface area contributed by atoms with Gasteiger partial charge in [0.1, 0.15) is 5.75 Å². The normalized spacial score (nSPS) is 13.4. The van der Waals surface area contributed by atoms with E-state index in [0.717, 1.165) is 25.1 Å². The molecule has 0 aliphatic rings. The minimum atomic E-state index is 0.187. The Kier molecular flexibility index (Phi) is 5.97. The van der Waals surface area contributed by atoms with Gasteiger partial charge in [0.05, 0.1) is 11.1 Å². The molecule has 1 aromatic rings. The van der Waals surface area contributed by atoms with Crippen LogP contribution in [-0.4, -0.2) is 18.2 Å². The number of nitrogens with one attached hydrogen (secondary N) is 1. The van der Waals surface area contributed by atoms with Crippen molar-refractivity contribution in [2.24, 2.45) is 0 Å². The first-order valence-corrected chi connectivity index (χ1v) is 6.92. The van der Waals surface area contributed by atoms with E-state index >= 15 is 0 Å². The van der Waals surface area contributed by atoms with Crippen molar-refractivity contribution < 1.29 is 4.74 Å². The van der Waals surface area contributed by atoms with Crippen molar-refractivity contribution in [1.29, 1.82) is 0 Å². The molecule has 0 aromatic heterocycles. The minimum absolute atomic E-state index is 0.187. The third kappa shape index (κ3) is 6.27. The van der Waals surface area contributed by atoms with Crippen molar-refractivity contribution in [1.82, 2.24) is 5.32 Å².